The van der Waals surface area contributed by atoms with Crippen LogP contribution in [0.15, 0.2) is 21.3 Å². The quantitative estimate of drug-likeness (QED) is 0.915. The number of aromatic nitrogens is 2. The molecule has 1 aliphatic rings. The van der Waals surface area contributed by atoms with E-state index >= 15 is 0 Å². The van der Waals surface area contributed by atoms with Crippen molar-refractivity contribution in [2.75, 3.05) is 13.1 Å². The Hall–Kier alpha value is -1.24. The van der Waals surface area contributed by atoms with Crippen molar-refractivity contribution in [2.45, 2.75) is 38.9 Å². The maximum absolute atomic E-state index is 5.03. The first kappa shape index (κ1) is 13.7. The predicted octanol–water partition coefficient (Wildman–Crippen LogP) is 2.19. The molecule has 0 amide bonds. The monoisotopic (exact) mass is 292 g/mol. The van der Waals surface area contributed by atoms with Crippen LogP contribution in [0.5, 0.6) is 0 Å². The lowest BCUT2D eigenvalue weighted by molar-refractivity contribution is 0.177. The van der Waals surface area contributed by atoms with Crippen molar-refractivity contribution in [3.63, 3.8) is 0 Å². The van der Waals surface area contributed by atoms with E-state index in [1.165, 1.54) is 18.4 Å². The van der Waals surface area contributed by atoms with E-state index in [2.05, 4.69) is 37.2 Å². The van der Waals surface area contributed by atoms with Crippen LogP contribution in [-0.2, 0) is 13.1 Å². The zero-order valence-corrected chi connectivity index (χ0v) is 12.5. The number of hydrogen-bond donors (Lipinski definition) is 1. The largest absolute Gasteiger partial charge is 0.340 e. The van der Waals surface area contributed by atoms with Crippen LogP contribution in [0.25, 0.3) is 0 Å². The van der Waals surface area contributed by atoms with Crippen LogP contribution in [0.3, 0.4) is 0 Å². The van der Waals surface area contributed by atoms with Crippen molar-refractivity contribution in [2.24, 2.45) is 0 Å². The molecule has 20 heavy (non-hydrogen) atoms. The van der Waals surface area contributed by atoms with E-state index in [-0.39, 0.29) is 0 Å². The lowest BCUT2D eigenvalue weighted by Gasteiger charge is -2.32. The van der Waals surface area contributed by atoms with E-state index < -0.39 is 0 Å². The Bertz CT molecular complexity index is 525. The SMILES string of the molecule is Cc1nc(CN2CCC[C@@H](NCc3ccsc3)C2)no1. The molecule has 1 saturated heterocycles. The third-order valence-electron chi connectivity index (χ3n) is 3.62. The van der Waals surface area contributed by atoms with E-state index in [9.17, 15) is 0 Å². The molecule has 2 aromatic rings. The summed E-state index contributed by atoms with van der Waals surface area (Å²) in [7, 11) is 0. The lowest BCUT2D eigenvalue weighted by Crippen LogP contribution is -2.45. The lowest BCUT2D eigenvalue weighted by atomic mass is 10.1. The maximum Gasteiger partial charge on any atom is 0.223 e. The Balaban J connectivity index is 1.48. The molecule has 0 aliphatic carbocycles. The van der Waals surface area contributed by atoms with Gasteiger partial charge in [-0.25, -0.2) is 0 Å². The Kier molecular flexibility index (Phi) is 4.44. The van der Waals surface area contributed by atoms with Gasteiger partial charge in [0.2, 0.25) is 5.89 Å². The third-order valence-corrected chi connectivity index (χ3v) is 4.35. The smallest absolute Gasteiger partial charge is 0.223 e. The first-order valence-electron chi connectivity index (χ1n) is 7.05. The van der Waals surface area contributed by atoms with Crippen LogP contribution >= 0.6 is 11.3 Å². The van der Waals surface area contributed by atoms with E-state index in [1.54, 1.807) is 11.3 Å². The second-order valence-corrected chi connectivity index (χ2v) is 6.10. The number of thiophene rings is 1. The Morgan fingerprint density at radius 2 is 2.50 bits per heavy atom. The summed E-state index contributed by atoms with van der Waals surface area (Å²) < 4.78 is 5.03. The molecule has 0 bridgehead atoms. The Labute approximate surface area is 123 Å². The fourth-order valence-corrected chi connectivity index (χ4v) is 3.30. The van der Waals surface area contributed by atoms with Gasteiger partial charge in [0.15, 0.2) is 5.82 Å². The first-order chi connectivity index (χ1) is 9.79. The first-order valence-corrected chi connectivity index (χ1v) is 8.00. The van der Waals surface area contributed by atoms with E-state index in [0.29, 0.717) is 11.9 Å². The number of likely N-dealkylation sites (tertiary alicyclic amines) is 1. The zero-order valence-electron chi connectivity index (χ0n) is 11.7. The van der Waals surface area contributed by atoms with Gasteiger partial charge in [-0.05, 0) is 41.8 Å². The summed E-state index contributed by atoms with van der Waals surface area (Å²) in [6, 6.07) is 2.73. The summed E-state index contributed by atoms with van der Waals surface area (Å²) in [6.07, 6.45) is 2.46. The molecule has 0 spiro atoms. The molecule has 3 rings (SSSR count). The van der Waals surface area contributed by atoms with Crippen molar-refractivity contribution < 1.29 is 4.52 Å². The molecular weight excluding hydrogens is 272 g/mol. The fraction of sp³-hybridized carbons (Fsp3) is 0.571. The highest BCUT2D eigenvalue weighted by Crippen LogP contribution is 2.14. The Morgan fingerprint density at radius 3 is 3.25 bits per heavy atom. The predicted molar refractivity (Wildman–Crippen MR) is 78.5 cm³/mol. The van der Waals surface area contributed by atoms with Gasteiger partial charge in [-0.15, -0.1) is 0 Å². The summed E-state index contributed by atoms with van der Waals surface area (Å²) >= 11 is 1.75. The maximum atomic E-state index is 5.03. The van der Waals surface area contributed by atoms with Crippen molar-refractivity contribution in [3.05, 3.63) is 34.1 Å². The molecule has 3 heterocycles. The van der Waals surface area contributed by atoms with Crippen molar-refractivity contribution in [1.29, 1.82) is 0 Å². The minimum Gasteiger partial charge on any atom is -0.340 e. The van der Waals surface area contributed by atoms with Gasteiger partial charge in [0, 0.05) is 26.1 Å². The van der Waals surface area contributed by atoms with Crippen LogP contribution in [-0.4, -0.2) is 34.2 Å². The highest BCUT2D eigenvalue weighted by molar-refractivity contribution is 7.07. The average molecular weight is 292 g/mol. The van der Waals surface area contributed by atoms with Crippen LogP contribution in [0.2, 0.25) is 0 Å². The molecule has 0 saturated carbocycles. The van der Waals surface area contributed by atoms with Gasteiger partial charge < -0.3 is 9.84 Å². The second-order valence-electron chi connectivity index (χ2n) is 5.32. The molecular formula is C14H20N4OS. The van der Waals surface area contributed by atoms with Crippen LogP contribution < -0.4 is 5.32 Å². The number of piperidine rings is 1. The standard InChI is InChI=1S/C14H20N4OS/c1-11-16-14(17-19-11)9-18-5-2-3-13(8-18)15-7-12-4-6-20-10-12/h4,6,10,13,15H,2-3,5,7-9H2,1H3/t13-/m1/s1. The molecule has 6 heteroatoms. The van der Waals surface area contributed by atoms with Gasteiger partial charge in [0.25, 0.3) is 0 Å². The molecule has 0 aromatic carbocycles. The van der Waals surface area contributed by atoms with Gasteiger partial charge in [0.1, 0.15) is 0 Å². The number of nitrogens with zero attached hydrogens (tertiary/aromatic N) is 3. The van der Waals surface area contributed by atoms with E-state index in [4.69, 9.17) is 4.52 Å². The number of hydrogen-bond acceptors (Lipinski definition) is 6. The van der Waals surface area contributed by atoms with E-state index in [1.807, 2.05) is 6.92 Å². The normalized spacial score (nSPS) is 20.4. The summed E-state index contributed by atoms with van der Waals surface area (Å²) in [5, 5.41) is 12.0. The zero-order chi connectivity index (χ0) is 13.8. The molecule has 1 N–H and O–H groups in total. The highest BCUT2D eigenvalue weighted by Gasteiger charge is 2.20. The van der Waals surface area contributed by atoms with Crippen molar-refractivity contribution in [3.8, 4) is 0 Å². The van der Waals surface area contributed by atoms with Crippen LogP contribution in [0.4, 0.5) is 0 Å². The number of aryl methyl sites for hydroxylation is 1. The fourth-order valence-electron chi connectivity index (χ4n) is 2.63. The summed E-state index contributed by atoms with van der Waals surface area (Å²) in [5.41, 5.74) is 1.38. The number of nitrogens with one attached hydrogen (secondary N) is 1. The van der Waals surface area contributed by atoms with Gasteiger partial charge in [0.05, 0.1) is 6.54 Å². The minimum atomic E-state index is 0.552. The Morgan fingerprint density at radius 1 is 1.55 bits per heavy atom. The highest BCUT2D eigenvalue weighted by atomic mass is 32.1. The number of rotatable bonds is 5. The van der Waals surface area contributed by atoms with Gasteiger partial charge in [-0.3, -0.25) is 4.90 Å². The van der Waals surface area contributed by atoms with Crippen LogP contribution in [0, 0.1) is 6.92 Å². The van der Waals surface area contributed by atoms with Crippen molar-refractivity contribution >= 4 is 11.3 Å². The van der Waals surface area contributed by atoms with Crippen LogP contribution in [0.1, 0.15) is 30.1 Å². The average Bonchev–Trinajstić information content (AvgIpc) is 3.09. The summed E-state index contributed by atoms with van der Waals surface area (Å²) in [5.74, 6) is 1.44. The molecule has 2 aromatic heterocycles. The van der Waals surface area contributed by atoms with E-state index in [0.717, 1.165) is 32.0 Å². The molecule has 1 fully saturated rings. The minimum absolute atomic E-state index is 0.552. The summed E-state index contributed by atoms with van der Waals surface area (Å²) in [4.78, 5) is 6.68. The molecule has 5 nitrogen and oxygen atoms in total. The third kappa shape index (κ3) is 3.65. The van der Waals surface area contributed by atoms with Crippen molar-refractivity contribution in [1.82, 2.24) is 20.4 Å². The van der Waals surface area contributed by atoms with Gasteiger partial charge in [-0.2, -0.15) is 16.3 Å². The molecule has 108 valence electrons. The molecule has 0 radical (unpaired) electrons. The molecule has 0 unspecified atom stereocenters. The topological polar surface area (TPSA) is 54.2 Å². The second kappa shape index (κ2) is 6.47. The van der Waals surface area contributed by atoms with Gasteiger partial charge in [-0.1, -0.05) is 5.16 Å². The van der Waals surface area contributed by atoms with Gasteiger partial charge >= 0.3 is 0 Å². The molecule has 1 atom stereocenters. The molecule has 1 aliphatic heterocycles. The summed E-state index contributed by atoms with van der Waals surface area (Å²) in [6.45, 7) is 5.75.